The number of aromatic nitrogens is 4. The molecule has 1 saturated heterocycles. The molecule has 1 fully saturated rings. The second kappa shape index (κ2) is 9.63. The van der Waals surface area contributed by atoms with Gasteiger partial charge in [0.25, 0.3) is 5.56 Å². The number of rotatable bonds is 7. The molecule has 0 spiro atoms. The van der Waals surface area contributed by atoms with E-state index in [0.717, 1.165) is 19.3 Å². The molecule has 0 N–H and O–H groups in total. The molecule has 0 saturated carbocycles. The minimum absolute atomic E-state index is 0.0121. The minimum Gasteiger partial charge on any atom is -0.354 e. The first-order valence-corrected chi connectivity index (χ1v) is 13.6. The molecule has 4 heterocycles. The number of amides is 1. The van der Waals surface area contributed by atoms with Gasteiger partial charge in [0, 0.05) is 12.2 Å². The topological polar surface area (TPSA) is 82.2 Å². The first-order chi connectivity index (χ1) is 17.2. The molecule has 1 aromatic carbocycles. The molecule has 0 aliphatic carbocycles. The highest BCUT2D eigenvalue weighted by Gasteiger charge is 2.46. The summed E-state index contributed by atoms with van der Waals surface area (Å²) in [4.78, 5) is 33.8. The quantitative estimate of drug-likeness (QED) is 0.431. The van der Waals surface area contributed by atoms with Crippen LogP contribution >= 0.6 is 11.8 Å². The van der Waals surface area contributed by atoms with Crippen LogP contribution in [-0.4, -0.2) is 54.3 Å². The van der Waals surface area contributed by atoms with Crippen LogP contribution in [0, 0.1) is 11.7 Å². The smallest absolute Gasteiger partial charge is 0.265 e. The summed E-state index contributed by atoms with van der Waals surface area (Å²) in [6.45, 7) is 8.98. The number of hydrogen-bond donors (Lipinski definition) is 0. The lowest BCUT2D eigenvalue weighted by Crippen LogP contribution is -2.50. The van der Waals surface area contributed by atoms with Crippen LogP contribution in [-0.2, 0) is 9.53 Å². The van der Waals surface area contributed by atoms with Gasteiger partial charge >= 0.3 is 0 Å². The van der Waals surface area contributed by atoms with Crippen LogP contribution < -0.4 is 5.56 Å². The summed E-state index contributed by atoms with van der Waals surface area (Å²) in [6.07, 6.45) is 4.29. The van der Waals surface area contributed by atoms with Crippen LogP contribution in [0.15, 0.2) is 40.4 Å². The third-order valence-electron chi connectivity index (χ3n) is 7.24. The van der Waals surface area contributed by atoms with Crippen LogP contribution in [0.1, 0.15) is 59.4 Å². The Bertz CT molecular complexity index is 1340. The van der Waals surface area contributed by atoms with Crippen molar-refractivity contribution in [2.24, 2.45) is 5.92 Å². The van der Waals surface area contributed by atoms with Crippen LogP contribution in [0.5, 0.6) is 0 Å². The molecule has 2 aromatic heterocycles. The van der Waals surface area contributed by atoms with Crippen molar-refractivity contribution in [3.05, 3.63) is 46.6 Å². The van der Waals surface area contributed by atoms with Crippen LogP contribution in [0.25, 0.3) is 16.7 Å². The number of ether oxygens (including phenoxy) is 1. The van der Waals surface area contributed by atoms with Gasteiger partial charge in [0.05, 0.1) is 30.6 Å². The van der Waals surface area contributed by atoms with E-state index in [0.29, 0.717) is 40.2 Å². The van der Waals surface area contributed by atoms with Gasteiger partial charge in [-0.2, -0.15) is 5.10 Å². The van der Waals surface area contributed by atoms with Crippen molar-refractivity contribution in [3.8, 4) is 5.69 Å². The fourth-order valence-corrected chi connectivity index (χ4v) is 6.31. The lowest BCUT2D eigenvalue weighted by atomic mass is 9.99. The zero-order valence-electron chi connectivity index (χ0n) is 21.1. The fourth-order valence-electron chi connectivity index (χ4n) is 5.17. The first-order valence-electron chi connectivity index (χ1n) is 12.6. The SMILES string of the molecule is CCC1COC(C)(CCC(C)C)N1C(=O)CC1CSc2nc3c(cnn3-c3ccc(F)cc3)c(=O)n21. The number of carbonyl (C=O) groups is 1. The van der Waals surface area contributed by atoms with Crippen molar-refractivity contribution in [1.29, 1.82) is 0 Å². The summed E-state index contributed by atoms with van der Waals surface area (Å²) in [5.41, 5.74) is 0.217. The number of fused-ring (bicyclic) bond motifs is 2. The maximum absolute atomic E-state index is 13.7. The number of carbonyl (C=O) groups excluding carboxylic acids is 1. The van der Waals surface area contributed by atoms with Gasteiger partial charge in [0.1, 0.15) is 16.9 Å². The van der Waals surface area contributed by atoms with Crippen molar-refractivity contribution in [1.82, 2.24) is 24.2 Å². The first kappa shape index (κ1) is 25.0. The summed E-state index contributed by atoms with van der Waals surface area (Å²) < 4.78 is 22.7. The number of halogens is 1. The van der Waals surface area contributed by atoms with E-state index in [2.05, 4.69) is 25.9 Å². The average molecular weight is 514 g/mol. The molecule has 3 unspecified atom stereocenters. The van der Waals surface area contributed by atoms with Crippen molar-refractivity contribution in [2.75, 3.05) is 12.4 Å². The maximum atomic E-state index is 13.7. The predicted octanol–water partition coefficient (Wildman–Crippen LogP) is 4.55. The third kappa shape index (κ3) is 4.34. The van der Waals surface area contributed by atoms with Gasteiger partial charge in [-0.15, -0.1) is 0 Å². The van der Waals surface area contributed by atoms with E-state index in [4.69, 9.17) is 9.72 Å². The van der Waals surface area contributed by atoms with Crippen LogP contribution in [0.2, 0.25) is 0 Å². The highest BCUT2D eigenvalue weighted by molar-refractivity contribution is 7.99. The minimum atomic E-state index is -0.625. The number of hydrogen-bond acceptors (Lipinski definition) is 6. The average Bonchev–Trinajstić information content (AvgIpc) is 3.54. The summed E-state index contributed by atoms with van der Waals surface area (Å²) in [5.74, 6) is 0.780. The van der Waals surface area contributed by atoms with Gasteiger partial charge in [-0.25, -0.2) is 14.1 Å². The van der Waals surface area contributed by atoms with E-state index in [1.54, 1.807) is 21.4 Å². The normalized spacial score (nSPS) is 23.7. The predicted molar refractivity (Wildman–Crippen MR) is 137 cm³/mol. The molecule has 192 valence electrons. The van der Waals surface area contributed by atoms with Gasteiger partial charge < -0.3 is 9.64 Å². The zero-order chi connectivity index (χ0) is 25.6. The Balaban J connectivity index is 1.43. The van der Waals surface area contributed by atoms with E-state index >= 15 is 0 Å². The Labute approximate surface area is 213 Å². The number of thioether (sulfide) groups is 1. The van der Waals surface area contributed by atoms with Crippen molar-refractivity contribution < 1.29 is 13.9 Å². The monoisotopic (exact) mass is 513 g/mol. The lowest BCUT2D eigenvalue weighted by Gasteiger charge is -2.37. The Morgan fingerprint density at radius 3 is 2.72 bits per heavy atom. The Kier molecular flexibility index (Phi) is 6.67. The molecule has 36 heavy (non-hydrogen) atoms. The molecule has 2 aliphatic heterocycles. The van der Waals surface area contributed by atoms with Crippen LogP contribution in [0.3, 0.4) is 0 Å². The zero-order valence-corrected chi connectivity index (χ0v) is 21.9. The van der Waals surface area contributed by atoms with Crippen molar-refractivity contribution in [2.45, 2.75) is 76.3 Å². The molecule has 3 atom stereocenters. The second-order valence-electron chi connectivity index (χ2n) is 10.3. The Morgan fingerprint density at radius 1 is 1.28 bits per heavy atom. The van der Waals surface area contributed by atoms with Crippen LogP contribution in [0.4, 0.5) is 4.39 Å². The molecule has 0 radical (unpaired) electrons. The van der Waals surface area contributed by atoms with Gasteiger partial charge in [-0.05, 0) is 56.4 Å². The van der Waals surface area contributed by atoms with Gasteiger partial charge in [-0.1, -0.05) is 32.5 Å². The molecule has 3 aromatic rings. The number of nitrogens with zero attached hydrogens (tertiary/aromatic N) is 5. The Hall–Kier alpha value is -2.72. The molecular weight excluding hydrogens is 481 g/mol. The van der Waals surface area contributed by atoms with Gasteiger partial charge in [0.15, 0.2) is 10.8 Å². The van der Waals surface area contributed by atoms with Crippen molar-refractivity contribution >= 4 is 28.7 Å². The molecule has 5 rings (SSSR count). The molecule has 10 heteroatoms. The van der Waals surface area contributed by atoms with Gasteiger partial charge in [0.2, 0.25) is 5.91 Å². The molecule has 0 bridgehead atoms. The van der Waals surface area contributed by atoms with Gasteiger partial charge in [-0.3, -0.25) is 14.2 Å². The van der Waals surface area contributed by atoms with E-state index < -0.39 is 5.72 Å². The van der Waals surface area contributed by atoms with E-state index in [-0.39, 0.29) is 35.8 Å². The fraction of sp³-hybridized carbons (Fsp3) is 0.538. The summed E-state index contributed by atoms with van der Waals surface area (Å²) in [7, 11) is 0. The Morgan fingerprint density at radius 2 is 2.03 bits per heavy atom. The lowest BCUT2D eigenvalue weighted by molar-refractivity contribution is -0.151. The van der Waals surface area contributed by atoms with E-state index in [9.17, 15) is 14.0 Å². The molecule has 1 amide bonds. The third-order valence-corrected chi connectivity index (χ3v) is 8.34. The van der Waals surface area contributed by atoms with E-state index in [1.807, 2.05) is 11.8 Å². The summed E-state index contributed by atoms with van der Waals surface area (Å²) >= 11 is 1.47. The summed E-state index contributed by atoms with van der Waals surface area (Å²) in [5, 5.41) is 5.28. The number of benzene rings is 1. The highest BCUT2D eigenvalue weighted by Crippen LogP contribution is 2.38. The second-order valence-corrected chi connectivity index (χ2v) is 11.2. The highest BCUT2D eigenvalue weighted by atomic mass is 32.2. The molecule has 8 nitrogen and oxygen atoms in total. The van der Waals surface area contributed by atoms with E-state index in [1.165, 1.54) is 30.1 Å². The molecule has 2 aliphatic rings. The molecular formula is C26H32FN5O3S. The standard InChI is InChI=1S/C26H32FN5O3S/c1-5-18-14-35-26(4,11-10-16(2)3)31(18)22(33)12-20-15-36-25-29-23-21(24(34)30(20)25)13-28-32(23)19-8-6-17(27)7-9-19/h6-9,13,16,18,20H,5,10-12,14-15H2,1-4H3. The summed E-state index contributed by atoms with van der Waals surface area (Å²) in [6, 6.07) is 5.64. The van der Waals surface area contributed by atoms with Crippen molar-refractivity contribution in [3.63, 3.8) is 0 Å². The maximum Gasteiger partial charge on any atom is 0.265 e. The largest absolute Gasteiger partial charge is 0.354 e.